The molecular weight excluding hydrogens is 306 g/mol. The fourth-order valence-corrected chi connectivity index (χ4v) is 2.35. The topological polar surface area (TPSA) is 93.4 Å². The average Bonchev–Trinajstić information content (AvgIpc) is 2.59. The minimum atomic E-state index is -1.08. The first-order chi connectivity index (χ1) is 11.5. The Morgan fingerprint density at radius 1 is 1.12 bits per heavy atom. The number of hydrogen-bond donors (Lipinski definition) is 3. The molecule has 0 aromatic heterocycles. The van der Waals surface area contributed by atoms with Crippen LogP contribution < -0.4 is 16.4 Å². The Balaban J connectivity index is 2.08. The molecule has 0 saturated heterocycles. The first-order valence-electron chi connectivity index (χ1n) is 7.50. The van der Waals surface area contributed by atoms with E-state index < -0.39 is 11.6 Å². The standard InChI is InChI=1S/C18H21N3O3/c1-18(24-2,14-8-4-3-5-9-14)16(22)20-12-13-7-6-10-15(11-13)21-17(19)23/h3-11H,12H2,1-2H3,(H,20,22)(H3,19,21,23)/t18-/m1/s1. The molecule has 0 unspecified atom stereocenters. The maximum Gasteiger partial charge on any atom is 0.316 e. The van der Waals surface area contributed by atoms with Crippen molar-refractivity contribution in [1.29, 1.82) is 0 Å². The SMILES string of the molecule is CO[C@@](C)(C(=O)NCc1cccc(NC(N)=O)c1)c1ccccc1. The van der Waals surface area contributed by atoms with Gasteiger partial charge in [0, 0.05) is 19.3 Å². The van der Waals surface area contributed by atoms with Crippen LogP contribution in [0, 0.1) is 0 Å². The number of amides is 3. The predicted octanol–water partition coefficient (Wildman–Crippen LogP) is 2.36. The van der Waals surface area contributed by atoms with Crippen molar-refractivity contribution in [2.45, 2.75) is 19.1 Å². The molecule has 0 aliphatic carbocycles. The van der Waals surface area contributed by atoms with Gasteiger partial charge in [-0.05, 0) is 30.2 Å². The number of nitrogens with two attached hydrogens (primary N) is 1. The Morgan fingerprint density at radius 3 is 2.46 bits per heavy atom. The summed E-state index contributed by atoms with van der Waals surface area (Å²) in [5, 5.41) is 5.36. The second-order valence-electron chi connectivity index (χ2n) is 5.48. The van der Waals surface area contributed by atoms with Gasteiger partial charge in [0.2, 0.25) is 0 Å². The van der Waals surface area contributed by atoms with Crippen molar-refractivity contribution in [2.75, 3.05) is 12.4 Å². The van der Waals surface area contributed by atoms with Gasteiger partial charge in [-0.15, -0.1) is 0 Å². The van der Waals surface area contributed by atoms with Crippen molar-refractivity contribution in [3.8, 4) is 0 Å². The molecule has 0 radical (unpaired) electrons. The first-order valence-corrected chi connectivity index (χ1v) is 7.50. The summed E-state index contributed by atoms with van der Waals surface area (Å²) in [7, 11) is 1.50. The van der Waals surface area contributed by atoms with Crippen LogP contribution in [0.1, 0.15) is 18.1 Å². The van der Waals surface area contributed by atoms with E-state index in [-0.39, 0.29) is 5.91 Å². The lowest BCUT2D eigenvalue weighted by atomic mass is 9.94. The number of urea groups is 1. The fraction of sp³-hybridized carbons (Fsp3) is 0.222. The molecule has 0 aliphatic rings. The minimum absolute atomic E-state index is 0.246. The van der Waals surface area contributed by atoms with Gasteiger partial charge in [0.1, 0.15) is 0 Å². The zero-order chi connectivity index (χ0) is 17.6. The van der Waals surface area contributed by atoms with Crippen molar-refractivity contribution < 1.29 is 14.3 Å². The fourth-order valence-electron chi connectivity index (χ4n) is 2.35. The van der Waals surface area contributed by atoms with Gasteiger partial charge in [0.15, 0.2) is 5.60 Å². The summed E-state index contributed by atoms with van der Waals surface area (Å²) in [5.41, 5.74) is 6.20. The molecular formula is C18H21N3O3. The van der Waals surface area contributed by atoms with Crippen LogP contribution in [0.3, 0.4) is 0 Å². The van der Waals surface area contributed by atoms with E-state index in [1.54, 1.807) is 25.1 Å². The number of hydrogen-bond acceptors (Lipinski definition) is 3. The number of nitrogens with one attached hydrogen (secondary N) is 2. The van der Waals surface area contributed by atoms with Gasteiger partial charge in [0.25, 0.3) is 5.91 Å². The van der Waals surface area contributed by atoms with Crippen molar-refractivity contribution in [3.05, 3.63) is 65.7 Å². The van der Waals surface area contributed by atoms with Crippen LogP contribution >= 0.6 is 0 Å². The highest BCUT2D eigenvalue weighted by Crippen LogP contribution is 2.24. The molecule has 0 spiro atoms. The van der Waals surface area contributed by atoms with Crippen LogP contribution in [0.5, 0.6) is 0 Å². The molecule has 0 heterocycles. The minimum Gasteiger partial charge on any atom is -0.364 e. The number of methoxy groups -OCH3 is 1. The van der Waals surface area contributed by atoms with E-state index in [1.807, 2.05) is 36.4 Å². The summed E-state index contributed by atoms with van der Waals surface area (Å²) >= 11 is 0. The van der Waals surface area contributed by atoms with Crippen molar-refractivity contribution in [1.82, 2.24) is 5.32 Å². The van der Waals surface area contributed by atoms with Crippen molar-refractivity contribution in [3.63, 3.8) is 0 Å². The van der Waals surface area contributed by atoms with Gasteiger partial charge in [0.05, 0.1) is 0 Å². The summed E-state index contributed by atoms with van der Waals surface area (Å²) < 4.78 is 5.46. The normalized spacial score (nSPS) is 12.9. The molecule has 2 aromatic rings. The maximum atomic E-state index is 12.6. The summed E-state index contributed by atoms with van der Waals surface area (Å²) in [6, 6.07) is 15.8. The quantitative estimate of drug-likeness (QED) is 0.760. The van der Waals surface area contributed by atoms with Gasteiger partial charge >= 0.3 is 6.03 Å². The van der Waals surface area contributed by atoms with Crippen molar-refractivity contribution >= 4 is 17.6 Å². The number of carbonyl (C=O) groups is 2. The Hall–Kier alpha value is -2.86. The monoisotopic (exact) mass is 327 g/mol. The molecule has 0 bridgehead atoms. The van der Waals surface area contributed by atoms with E-state index in [2.05, 4.69) is 10.6 Å². The Bertz CT molecular complexity index is 718. The number of benzene rings is 2. The molecule has 1 atom stereocenters. The summed E-state index contributed by atoms with van der Waals surface area (Å²) in [6.07, 6.45) is 0. The predicted molar refractivity (Wildman–Crippen MR) is 92.3 cm³/mol. The number of carbonyl (C=O) groups excluding carboxylic acids is 2. The number of anilines is 1. The summed E-state index contributed by atoms with van der Waals surface area (Å²) in [6.45, 7) is 2.03. The second kappa shape index (κ2) is 7.61. The third-order valence-corrected chi connectivity index (χ3v) is 3.81. The summed E-state index contributed by atoms with van der Waals surface area (Å²) in [5.74, 6) is -0.246. The molecule has 0 fully saturated rings. The molecule has 0 aliphatic heterocycles. The highest BCUT2D eigenvalue weighted by molar-refractivity contribution is 5.88. The zero-order valence-electron chi connectivity index (χ0n) is 13.7. The number of ether oxygens (including phenoxy) is 1. The van der Waals surface area contributed by atoms with E-state index in [4.69, 9.17) is 10.5 Å². The molecule has 3 amide bonds. The van der Waals surface area contributed by atoms with Crippen LogP contribution in [-0.4, -0.2) is 19.0 Å². The second-order valence-corrected chi connectivity index (χ2v) is 5.48. The Morgan fingerprint density at radius 2 is 1.83 bits per heavy atom. The number of primary amides is 1. The van der Waals surface area contributed by atoms with Gasteiger partial charge in [-0.3, -0.25) is 4.79 Å². The van der Waals surface area contributed by atoms with Crippen LogP contribution in [-0.2, 0) is 21.7 Å². The van der Waals surface area contributed by atoms with Gasteiger partial charge < -0.3 is 21.1 Å². The lowest BCUT2D eigenvalue weighted by Crippen LogP contribution is -2.43. The molecule has 4 N–H and O–H groups in total. The van der Waals surface area contributed by atoms with Crippen LogP contribution in [0.25, 0.3) is 0 Å². The van der Waals surface area contributed by atoms with Crippen molar-refractivity contribution in [2.24, 2.45) is 5.73 Å². The van der Waals surface area contributed by atoms with E-state index in [9.17, 15) is 9.59 Å². The first kappa shape index (κ1) is 17.5. The zero-order valence-corrected chi connectivity index (χ0v) is 13.7. The highest BCUT2D eigenvalue weighted by atomic mass is 16.5. The lowest BCUT2D eigenvalue weighted by Gasteiger charge is -2.27. The smallest absolute Gasteiger partial charge is 0.316 e. The van der Waals surface area contributed by atoms with E-state index >= 15 is 0 Å². The van der Waals surface area contributed by atoms with Crippen LogP contribution in [0.2, 0.25) is 0 Å². The number of rotatable bonds is 6. The highest BCUT2D eigenvalue weighted by Gasteiger charge is 2.34. The maximum absolute atomic E-state index is 12.6. The van der Waals surface area contributed by atoms with Crippen LogP contribution in [0.15, 0.2) is 54.6 Å². The molecule has 2 aromatic carbocycles. The average molecular weight is 327 g/mol. The molecule has 0 saturated carbocycles. The molecule has 126 valence electrons. The van der Waals surface area contributed by atoms with E-state index in [0.717, 1.165) is 11.1 Å². The molecule has 6 nitrogen and oxygen atoms in total. The third-order valence-electron chi connectivity index (χ3n) is 3.81. The molecule has 6 heteroatoms. The summed E-state index contributed by atoms with van der Waals surface area (Å²) in [4.78, 5) is 23.5. The van der Waals surface area contributed by atoms with E-state index in [1.165, 1.54) is 7.11 Å². The van der Waals surface area contributed by atoms with Crippen LogP contribution in [0.4, 0.5) is 10.5 Å². The Labute approximate surface area is 141 Å². The van der Waals surface area contributed by atoms with Gasteiger partial charge in [-0.1, -0.05) is 42.5 Å². The Kier molecular flexibility index (Phi) is 5.55. The van der Waals surface area contributed by atoms with E-state index in [0.29, 0.717) is 12.2 Å². The lowest BCUT2D eigenvalue weighted by molar-refractivity contribution is -0.142. The molecule has 2 rings (SSSR count). The van der Waals surface area contributed by atoms with Gasteiger partial charge in [-0.25, -0.2) is 4.79 Å². The van der Waals surface area contributed by atoms with Gasteiger partial charge in [-0.2, -0.15) is 0 Å². The molecule has 24 heavy (non-hydrogen) atoms. The largest absolute Gasteiger partial charge is 0.364 e. The third kappa shape index (κ3) is 4.11.